The second-order valence-electron chi connectivity index (χ2n) is 6.22. The highest BCUT2D eigenvalue weighted by molar-refractivity contribution is 7.99. The van der Waals surface area contributed by atoms with Crippen molar-refractivity contribution in [3.05, 3.63) is 70.8 Å². The highest BCUT2D eigenvalue weighted by Gasteiger charge is 2.43. The van der Waals surface area contributed by atoms with Crippen molar-refractivity contribution in [2.75, 3.05) is 11.5 Å². The van der Waals surface area contributed by atoms with E-state index in [4.69, 9.17) is 0 Å². The van der Waals surface area contributed by atoms with Gasteiger partial charge in [0.25, 0.3) is 0 Å². The molecule has 1 aliphatic heterocycles. The van der Waals surface area contributed by atoms with E-state index in [2.05, 4.69) is 0 Å². The Bertz CT molecular complexity index is 775. The summed E-state index contributed by atoms with van der Waals surface area (Å²) in [6, 6.07) is 9.48. The Morgan fingerprint density at radius 2 is 1.07 bits per heavy atom. The van der Waals surface area contributed by atoms with Crippen molar-refractivity contribution in [2.45, 2.75) is 24.2 Å². The Kier molecular flexibility index (Phi) is 5.29. The number of rotatable bonds is 2. The molecule has 1 aliphatic rings. The normalized spacial score (nSPS) is 21.3. The molecule has 0 N–H and O–H groups in total. The average molecular weight is 404 g/mol. The number of halogens is 6. The van der Waals surface area contributed by atoms with Crippen molar-refractivity contribution in [3.8, 4) is 0 Å². The van der Waals surface area contributed by atoms with Gasteiger partial charge in [-0.25, -0.2) is 0 Å². The van der Waals surface area contributed by atoms with E-state index in [0.717, 1.165) is 12.1 Å². The smallest absolute Gasteiger partial charge is 0.298 e. The van der Waals surface area contributed by atoms with Gasteiger partial charge >= 0.3 is 12.4 Å². The van der Waals surface area contributed by atoms with Crippen LogP contribution in [0.4, 0.5) is 26.3 Å². The molecule has 0 amide bonds. The van der Waals surface area contributed by atoms with Crippen LogP contribution in [0, 0.1) is 0 Å². The number of ketones is 1. The van der Waals surface area contributed by atoms with Gasteiger partial charge in [-0.05, 0) is 23.3 Å². The van der Waals surface area contributed by atoms with Crippen molar-refractivity contribution >= 4 is 17.5 Å². The second kappa shape index (κ2) is 7.22. The predicted molar refractivity (Wildman–Crippen MR) is 90.7 cm³/mol. The molecule has 0 aliphatic carbocycles. The summed E-state index contributed by atoms with van der Waals surface area (Å²) in [5, 5.41) is 0. The first-order chi connectivity index (χ1) is 12.6. The highest BCUT2D eigenvalue weighted by atomic mass is 32.2. The average Bonchev–Trinajstić information content (AvgIpc) is 2.60. The fourth-order valence-electron chi connectivity index (χ4n) is 3.31. The van der Waals surface area contributed by atoms with E-state index in [9.17, 15) is 31.1 Å². The van der Waals surface area contributed by atoms with Gasteiger partial charge in [-0.3, -0.25) is 4.79 Å². The van der Waals surface area contributed by atoms with Gasteiger partial charge in [-0.2, -0.15) is 38.1 Å². The molecule has 2 aromatic carbocycles. The molecule has 0 saturated carbocycles. The molecule has 1 saturated heterocycles. The predicted octanol–water partition coefficient (Wildman–Crippen LogP) is 5.91. The van der Waals surface area contributed by atoms with Crippen LogP contribution in [0.2, 0.25) is 0 Å². The van der Waals surface area contributed by atoms with E-state index < -0.39 is 41.1 Å². The fraction of sp³-hybridized carbons (Fsp3) is 0.316. The van der Waals surface area contributed by atoms with Gasteiger partial charge in [0.2, 0.25) is 0 Å². The number of hydrogen-bond donors (Lipinski definition) is 0. The van der Waals surface area contributed by atoms with E-state index in [0.29, 0.717) is 0 Å². The first-order valence-corrected chi connectivity index (χ1v) is 9.20. The quantitative estimate of drug-likeness (QED) is 0.579. The molecule has 2 unspecified atom stereocenters. The van der Waals surface area contributed by atoms with Gasteiger partial charge in [0.05, 0.1) is 23.0 Å². The zero-order valence-electron chi connectivity index (χ0n) is 13.8. The lowest BCUT2D eigenvalue weighted by Gasteiger charge is -2.30. The summed E-state index contributed by atoms with van der Waals surface area (Å²) >= 11 is 1.19. The van der Waals surface area contributed by atoms with Crippen LogP contribution < -0.4 is 0 Å². The maximum absolute atomic E-state index is 13.3. The Labute approximate surface area is 155 Å². The molecule has 27 heavy (non-hydrogen) atoms. The summed E-state index contributed by atoms with van der Waals surface area (Å²) in [6.07, 6.45) is -9.28. The number of benzene rings is 2. The van der Waals surface area contributed by atoms with Gasteiger partial charge in [0, 0.05) is 11.5 Å². The van der Waals surface area contributed by atoms with Crippen LogP contribution in [-0.2, 0) is 17.1 Å². The van der Waals surface area contributed by atoms with E-state index in [1.165, 1.54) is 48.2 Å². The maximum atomic E-state index is 13.3. The Morgan fingerprint density at radius 3 is 1.44 bits per heavy atom. The second-order valence-corrected chi connectivity index (χ2v) is 7.29. The number of carbonyl (C=O) groups is 1. The Balaban J connectivity index is 2.03. The van der Waals surface area contributed by atoms with Gasteiger partial charge in [0.1, 0.15) is 5.78 Å². The number of thioether (sulfide) groups is 1. The Morgan fingerprint density at radius 1 is 0.704 bits per heavy atom. The number of hydrogen-bond acceptors (Lipinski definition) is 2. The first kappa shape index (κ1) is 19.8. The van der Waals surface area contributed by atoms with Crippen LogP contribution in [0.5, 0.6) is 0 Å². The Hall–Kier alpha value is -1.96. The molecule has 0 spiro atoms. The first-order valence-electron chi connectivity index (χ1n) is 8.04. The van der Waals surface area contributed by atoms with E-state index in [1.807, 2.05) is 0 Å². The lowest BCUT2D eigenvalue weighted by atomic mass is 9.82. The number of Topliss-reactive ketones (excluding diaryl/α,β-unsaturated/α-hetero) is 1. The summed E-state index contributed by atoms with van der Waals surface area (Å²) < 4.78 is 79.8. The van der Waals surface area contributed by atoms with Gasteiger partial charge in [-0.15, -0.1) is 0 Å². The lowest BCUT2D eigenvalue weighted by Crippen LogP contribution is -2.31. The molecule has 0 radical (unpaired) electrons. The monoisotopic (exact) mass is 404 g/mol. The largest absolute Gasteiger partial charge is 0.416 e. The molecule has 144 valence electrons. The zero-order valence-corrected chi connectivity index (χ0v) is 14.6. The molecule has 2 atom stereocenters. The molecule has 1 heterocycles. The maximum Gasteiger partial charge on any atom is 0.416 e. The summed E-state index contributed by atoms with van der Waals surface area (Å²) in [4.78, 5) is 12.9. The zero-order chi connectivity index (χ0) is 19.8. The fourth-order valence-corrected chi connectivity index (χ4v) is 4.61. The van der Waals surface area contributed by atoms with E-state index in [-0.39, 0.29) is 22.6 Å². The third-order valence-corrected chi connectivity index (χ3v) is 5.68. The SMILES string of the molecule is O=C1C(c2ccccc2C(F)(F)F)CSCC1c1ccccc1C(F)(F)F. The highest BCUT2D eigenvalue weighted by Crippen LogP contribution is 2.44. The minimum absolute atomic E-state index is 0.108. The van der Waals surface area contributed by atoms with Crippen molar-refractivity contribution in [3.63, 3.8) is 0 Å². The summed E-state index contributed by atoms with van der Waals surface area (Å²) in [7, 11) is 0. The lowest BCUT2D eigenvalue weighted by molar-refractivity contribution is -0.139. The van der Waals surface area contributed by atoms with Crippen LogP contribution >= 0.6 is 11.8 Å². The molecule has 0 bridgehead atoms. The molecule has 2 aromatic rings. The van der Waals surface area contributed by atoms with Crippen LogP contribution in [0.1, 0.15) is 34.1 Å². The third-order valence-electron chi connectivity index (χ3n) is 4.54. The topological polar surface area (TPSA) is 17.1 Å². The number of carbonyl (C=O) groups excluding carboxylic acids is 1. The van der Waals surface area contributed by atoms with Crippen molar-refractivity contribution in [1.29, 1.82) is 0 Å². The van der Waals surface area contributed by atoms with E-state index >= 15 is 0 Å². The van der Waals surface area contributed by atoms with Crippen molar-refractivity contribution in [2.24, 2.45) is 0 Å². The molecule has 0 aromatic heterocycles. The third kappa shape index (κ3) is 4.00. The molecule has 1 fully saturated rings. The van der Waals surface area contributed by atoms with Gasteiger partial charge < -0.3 is 0 Å². The van der Waals surface area contributed by atoms with E-state index in [1.54, 1.807) is 0 Å². The summed E-state index contributed by atoms with van der Waals surface area (Å²) in [6.45, 7) is 0. The van der Waals surface area contributed by atoms with Crippen LogP contribution in [0.3, 0.4) is 0 Å². The molecular weight excluding hydrogens is 390 g/mol. The standard InChI is InChI=1S/C19H14F6OS/c20-18(21,22)15-7-3-1-5-11(15)13-9-27-10-14(17(13)26)12-6-2-4-8-16(12)19(23,24)25/h1-8,13-14H,9-10H2. The minimum Gasteiger partial charge on any atom is -0.298 e. The van der Waals surface area contributed by atoms with Crippen LogP contribution in [-0.4, -0.2) is 17.3 Å². The van der Waals surface area contributed by atoms with Crippen LogP contribution in [0.25, 0.3) is 0 Å². The number of alkyl halides is 6. The van der Waals surface area contributed by atoms with Gasteiger partial charge in [0.15, 0.2) is 0 Å². The molecule has 8 heteroatoms. The summed E-state index contributed by atoms with van der Waals surface area (Å²) in [5.74, 6) is -2.60. The van der Waals surface area contributed by atoms with Crippen LogP contribution in [0.15, 0.2) is 48.5 Å². The molecule has 1 nitrogen and oxygen atoms in total. The van der Waals surface area contributed by atoms with Crippen molar-refractivity contribution in [1.82, 2.24) is 0 Å². The summed E-state index contributed by atoms with van der Waals surface area (Å²) in [5.41, 5.74) is -2.21. The minimum atomic E-state index is -4.64. The van der Waals surface area contributed by atoms with Crippen molar-refractivity contribution < 1.29 is 31.1 Å². The molecule has 3 rings (SSSR count). The molecular formula is C19H14F6OS. The van der Waals surface area contributed by atoms with Gasteiger partial charge in [-0.1, -0.05) is 36.4 Å².